The lowest BCUT2D eigenvalue weighted by atomic mass is 9.83. The molecule has 1 unspecified atom stereocenters. The van der Waals surface area contributed by atoms with Crippen LogP contribution in [0.15, 0.2) is 48.2 Å². The molecule has 1 aromatic rings. The zero-order chi connectivity index (χ0) is 17.3. The number of allylic oxidation sites excluding steroid dienone is 3. The summed E-state index contributed by atoms with van der Waals surface area (Å²) in [4.78, 5) is 1.51. The van der Waals surface area contributed by atoms with Gasteiger partial charge >= 0.3 is 0 Å². The zero-order valence-electron chi connectivity index (χ0n) is 13.4. The number of β-amino-alcohol motifs (C(OH)–C–C–N with tert-alkyl or cyclic N) is 1. The van der Waals surface area contributed by atoms with Gasteiger partial charge in [0.05, 0.1) is 17.2 Å². The van der Waals surface area contributed by atoms with Gasteiger partial charge in [0.1, 0.15) is 5.54 Å². The molecule has 1 heterocycles. The highest BCUT2D eigenvalue weighted by Crippen LogP contribution is 2.42. The van der Waals surface area contributed by atoms with Gasteiger partial charge in [-0.05, 0) is 50.6 Å². The van der Waals surface area contributed by atoms with Gasteiger partial charge in [-0.1, -0.05) is 18.2 Å². The highest BCUT2D eigenvalue weighted by atomic mass is 19.3. The Hall–Kier alpha value is -2.19. The summed E-state index contributed by atoms with van der Waals surface area (Å²) in [7, 11) is 0. The van der Waals surface area contributed by atoms with Crippen molar-refractivity contribution in [3.05, 3.63) is 59.3 Å². The number of nitrogens with zero attached hydrogens (tertiary/aromatic N) is 2. The van der Waals surface area contributed by atoms with Gasteiger partial charge in [-0.2, -0.15) is 5.26 Å². The van der Waals surface area contributed by atoms with Crippen LogP contribution in [0.3, 0.4) is 0 Å². The molecule has 0 saturated heterocycles. The maximum Gasteiger partial charge on any atom is 0.269 e. The summed E-state index contributed by atoms with van der Waals surface area (Å²) in [6.45, 7) is 4.95. The molecule has 1 aromatic carbocycles. The van der Waals surface area contributed by atoms with Crippen molar-refractivity contribution in [2.45, 2.75) is 38.3 Å². The number of aliphatic hydroxyl groups is 1. The Morgan fingerprint density at radius 3 is 2.65 bits per heavy atom. The fourth-order valence-electron chi connectivity index (χ4n) is 2.85. The Labute approximate surface area is 135 Å². The van der Waals surface area contributed by atoms with Crippen LogP contribution in [0, 0.1) is 11.3 Å². The van der Waals surface area contributed by atoms with E-state index in [0.29, 0.717) is 16.8 Å². The first-order valence-corrected chi connectivity index (χ1v) is 7.35. The molecule has 122 valence electrons. The maximum absolute atomic E-state index is 14.2. The summed E-state index contributed by atoms with van der Waals surface area (Å²) in [5, 5.41) is 19.2. The van der Waals surface area contributed by atoms with Crippen molar-refractivity contribution in [2.75, 3.05) is 6.54 Å². The van der Waals surface area contributed by atoms with E-state index in [2.05, 4.69) is 0 Å². The molecule has 1 aliphatic heterocycles. The van der Waals surface area contributed by atoms with Crippen LogP contribution in [0.4, 0.5) is 8.78 Å². The van der Waals surface area contributed by atoms with E-state index >= 15 is 0 Å². The Kier molecular flexibility index (Phi) is 4.58. The number of hydrogen-bond donors (Lipinski definition) is 1. The first-order chi connectivity index (χ1) is 10.7. The Morgan fingerprint density at radius 2 is 2.09 bits per heavy atom. The van der Waals surface area contributed by atoms with Gasteiger partial charge < -0.3 is 10.0 Å². The second-order valence-electron chi connectivity index (χ2n) is 6.38. The van der Waals surface area contributed by atoms with Gasteiger partial charge in [0.15, 0.2) is 0 Å². The van der Waals surface area contributed by atoms with Crippen molar-refractivity contribution in [2.24, 2.45) is 0 Å². The maximum atomic E-state index is 14.2. The largest absolute Gasteiger partial charge is 0.389 e. The molecule has 0 saturated carbocycles. The molecule has 1 N–H and O–H groups in total. The number of halogens is 2. The van der Waals surface area contributed by atoms with Crippen molar-refractivity contribution >= 4 is 0 Å². The number of nitriles is 1. The van der Waals surface area contributed by atoms with E-state index in [0.717, 1.165) is 0 Å². The predicted molar refractivity (Wildman–Crippen MR) is 84.7 cm³/mol. The average Bonchev–Trinajstić information content (AvgIpc) is 2.48. The third-order valence-electron chi connectivity index (χ3n) is 3.89. The van der Waals surface area contributed by atoms with E-state index in [4.69, 9.17) is 5.26 Å². The van der Waals surface area contributed by atoms with Crippen molar-refractivity contribution in [1.29, 1.82) is 5.26 Å². The molecule has 0 aromatic heterocycles. The summed E-state index contributed by atoms with van der Waals surface area (Å²) < 4.78 is 28.4. The molecule has 3 nitrogen and oxygen atoms in total. The van der Waals surface area contributed by atoms with Gasteiger partial charge in [-0.15, -0.1) is 0 Å². The van der Waals surface area contributed by atoms with Crippen molar-refractivity contribution in [3.63, 3.8) is 0 Å². The highest BCUT2D eigenvalue weighted by Gasteiger charge is 2.47. The molecule has 1 atom stereocenters. The fourth-order valence-corrected chi connectivity index (χ4v) is 2.85. The summed E-state index contributed by atoms with van der Waals surface area (Å²) >= 11 is 0. The highest BCUT2D eigenvalue weighted by molar-refractivity contribution is 5.42. The number of benzene rings is 1. The normalized spacial score (nSPS) is 21.3. The molecular formula is C18H20F2N2O. The van der Waals surface area contributed by atoms with Crippen molar-refractivity contribution < 1.29 is 13.9 Å². The van der Waals surface area contributed by atoms with E-state index < -0.39 is 17.6 Å². The zero-order valence-corrected chi connectivity index (χ0v) is 13.4. The molecule has 2 rings (SSSR count). The van der Waals surface area contributed by atoms with Crippen LogP contribution in [-0.4, -0.2) is 28.6 Å². The van der Waals surface area contributed by atoms with E-state index in [1.807, 2.05) is 6.07 Å². The van der Waals surface area contributed by atoms with Gasteiger partial charge in [-0.3, -0.25) is 0 Å². The molecule has 23 heavy (non-hydrogen) atoms. The Morgan fingerprint density at radius 1 is 1.39 bits per heavy atom. The standard InChI is InChI=1S/C18H20F2N2O/c1-13-6-5-9-18(16(19)20,22(13)12-17(2,3)23)15-8-4-7-14(10-15)11-21/h4-10,16,23H,12H2,1-3H3. The van der Waals surface area contributed by atoms with Gasteiger partial charge in [0.2, 0.25) is 0 Å². The van der Waals surface area contributed by atoms with Gasteiger partial charge in [-0.25, -0.2) is 8.78 Å². The van der Waals surface area contributed by atoms with E-state index in [9.17, 15) is 13.9 Å². The van der Waals surface area contributed by atoms with Crippen LogP contribution < -0.4 is 0 Å². The van der Waals surface area contributed by atoms with Crippen LogP contribution in [-0.2, 0) is 5.54 Å². The first kappa shape index (κ1) is 17.2. The minimum absolute atomic E-state index is 0.0425. The smallest absolute Gasteiger partial charge is 0.269 e. The van der Waals surface area contributed by atoms with Crippen LogP contribution in [0.2, 0.25) is 0 Å². The van der Waals surface area contributed by atoms with Crippen LogP contribution in [0.25, 0.3) is 0 Å². The minimum atomic E-state index is -2.72. The average molecular weight is 318 g/mol. The third kappa shape index (κ3) is 3.27. The lowest BCUT2D eigenvalue weighted by Gasteiger charge is -2.47. The number of rotatable bonds is 4. The van der Waals surface area contributed by atoms with E-state index in [-0.39, 0.29) is 6.54 Å². The minimum Gasteiger partial charge on any atom is -0.389 e. The SMILES string of the molecule is CC1=CC=CC(c2cccc(C#N)c2)(C(F)F)N1CC(C)(C)O. The predicted octanol–water partition coefficient (Wildman–Crippen LogP) is 3.57. The molecule has 0 amide bonds. The topological polar surface area (TPSA) is 47.3 Å². The number of alkyl halides is 2. The summed E-state index contributed by atoms with van der Waals surface area (Å²) in [5.74, 6) is 0. The molecule has 0 bridgehead atoms. The molecule has 0 radical (unpaired) electrons. The fraction of sp³-hybridized carbons (Fsp3) is 0.389. The summed E-state index contributed by atoms with van der Waals surface area (Å²) in [6, 6.07) is 8.24. The Bertz CT molecular complexity index is 683. The van der Waals surface area contributed by atoms with Gasteiger partial charge in [0, 0.05) is 12.2 Å². The monoisotopic (exact) mass is 318 g/mol. The van der Waals surface area contributed by atoms with Crippen molar-refractivity contribution in [1.82, 2.24) is 4.90 Å². The molecule has 0 fully saturated rings. The lowest BCUT2D eigenvalue weighted by Crippen LogP contribution is -2.54. The summed E-state index contributed by atoms with van der Waals surface area (Å²) in [6.07, 6.45) is 2.05. The molecule has 0 spiro atoms. The Balaban J connectivity index is 2.63. The first-order valence-electron chi connectivity index (χ1n) is 7.35. The van der Waals surface area contributed by atoms with Gasteiger partial charge in [0.25, 0.3) is 6.43 Å². The second-order valence-corrected chi connectivity index (χ2v) is 6.38. The summed E-state index contributed by atoms with van der Waals surface area (Å²) in [5.41, 5.74) is -1.55. The van der Waals surface area contributed by atoms with Crippen molar-refractivity contribution in [3.8, 4) is 6.07 Å². The molecular weight excluding hydrogens is 298 g/mol. The van der Waals surface area contributed by atoms with Crippen LogP contribution in [0.1, 0.15) is 31.9 Å². The third-order valence-corrected chi connectivity index (χ3v) is 3.89. The number of hydrogen-bond acceptors (Lipinski definition) is 3. The van der Waals surface area contributed by atoms with Crippen LogP contribution in [0.5, 0.6) is 0 Å². The van der Waals surface area contributed by atoms with E-state index in [1.165, 1.54) is 17.0 Å². The van der Waals surface area contributed by atoms with E-state index in [1.54, 1.807) is 51.1 Å². The molecule has 0 aliphatic carbocycles. The second kappa shape index (κ2) is 6.13. The lowest BCUT2D eigenvalue weighted by molar-refractivity contribution is -0.0488. The molecule has 1 aliphatic rings. The molecule has 5 heteroatoms. The van der Waals surface area contributed by atoms with Crippen LogP contribution >= 0.6 is 0 Å². The quantitative estimate of drug-likeness (QED) is 0.923.